The molecule has 1 aromatic rings. The molecule has 1 fully saturated rings. The third-order valence-corrected chi connectivity index (χ3v) is 6.51. The first-order valence-electron chi connectivity index (χ1n) is 6.86. The summed E-state index contributed by atoms with van der Waals surface area (Å²) in [7, 11) is -1.65. The van der Waals surface area contributed by atoms with Gasteiger partial charge in [0, 0.05) is 20.2 Å². The third-order valence-electron chi connectivity index (χ3n) is 3.90. The average molecular weight is 315 g/mol. The SMILES string of the molecule is COCc1ccc(C(=O)N2CCC(C)(C)S(=O)(=O)CC2)o1. The zero-order chi connectivity index (χ0) is 15.7. The minimum absolute atomic E-state index is 0.0165. The van der Waals surface area contributed by atoms with Crippen molar-refractivity contribution in [3.05, 3.63) is 23.7 Å². The summed E-state index contributed by atoms with van der Waals surface area (Å²) in [5, 5.41) is 0. The van der Waals surface area contributed by atoms with Crippen LogP contribution in [0.2, 0.25) is 0 Å². The molecule has 118 valence electrons. The van der Waals surface area contributed by atoms with E-state index in [1.807, 2.05) is 0 Å². The van der Waals surface area contributed by atoms with Crippen LogP contribution in [0.3, 0.4) is 0 Å². The van der Waals surface area contributed by atoms with Gasteiger partial charge in [0.25, 0.3) is 5.91 Å². The van der Waals surface area contributed by atoms with Crippen LogP contribution < -0.4 is 0 Å². The largest absolute Gasteiger partial charge is 0.453 e. The average Bonchev–Trinajstić information content (AvgIpc) is 2.82. The van der Waals surface area contributed by atoms with E-state index in [4.69, 9.17) is 9.15 Å². The molecule has 2 rings (SSSR count). The first kappa shape index (κ1) is 16.0. The molecule has 7 heteroatoms. The quantitative estimate of drug-likeness (QED) is 0.844. The van der Waals surface area contributed by atoms with Crippen LogP contribution in [0.25, 0.3) is 0 Å². The Balaban J connectivity index is 2.13. The van der Waals surface area contributed by atoms with Crippen molar-refractivity contribution in [1.82, 2.24) is 4.90 Å². The fourth-order valence-electron chi connectivity index (χ4n) is 2.25. The molecule has 1 aliphatic heterocycles. The summed E-state index contributed by atoms with van der Waals surface area (Å²) < 4.78 is 33.8. The Labute approximate surface area is 125 Å². The van der Waals surface area contributed by atoms with E-state index in [2.05, 4.69) is 0 Å². The lowest BCUT2D eigenvalue weighted by Crippen LogP contribution is -2.33. The number of methoxy groups -OCH3 is 1. The molecule has 0 radical (unpaired) electrons. The molecule has 21 heavy (non-hydrogen) atoms. The molecule has 0 saturated carbocycles. The molecule has 1 aliphatic rings. The third kappa shape index (κ3) is 3.29. The minimum atomic E-state index is -3.19. The predicted octanol–water partition coefficient (Wildman–Crippen LogP) is 1.47. The number of hydrogen-bond acceptors (Lipinski definition) is 5. The second kappa shape index (κ2) is 5.81. The van der Waals surface area contributed by atoms with Gasteiger partial charge in [-0.15, -0.1) is 0 Å². The standard InChI is InChI=1S/C14H21NO5S/c1-14(2)6-7-15(8-9-21(14,17)18)13(16)12-5-4-11(20-12)10-19-3/h4-5H,6-10H2,1-3H3. The van der Waals surface area contributed by atoms with Crippen LogP contribution in [-0.2, 0) is 21.2 Å². The Morgan fingerprint density at radius 2 is 2.10 bits per heavy atom. The number of amides is 1. The van der Waals surface area contributed by atoms with E-state index in [0.29, 0.717) is 25.3 Å². The number of sulfone groups is 1. The topological polar surface area (TPSA) is 76.8 Å². The molecule has 0 bridgehead atoms. The van der Waals surface area contributed by atoms with Crippen LogP contribution in [0, 0.1) is 0 Å². The number of hydrogen-bond donors (Lipinski definition) is 0. The number of ether oxygens (including phenoxy) is 1. The van der Waals surface area contributed by atoms with E-state index >= 15 is 0 Å². The highest BCUT2D eigenvalue weighted by molar-refractivity contribution is 7.92. The fourth-order valence-corrected chi connectivity index (χ4v) is 3.67. The number of furan rings is 1. The molecule has 0 aromatic carbocycles. The molecule has 1 aromatic heterocycles. The van der Waals surface area contributed by atoms with Gasteiger partial charge in [-0.1, -0.05) is 0 Å². The first-order chi connectivity index (χ1) is 9.77. The second-order valence-corrected chi connectivity index (χ2v) is 8.56. The van der Waals surface area contributed by atoms with Crippen LogP contribution >= 0.6 is 0 Å². The Morgan fingerprint density at radius 3 is 2.76 bits per heavy atom. The summed E-state index contributed by atoms with van der Waals surface area (Å²) >= 11 is 0. The van der Waals surface area contributed by atoms with Crippen molar-refractivity contribution in [2.75, 3.05) is 26.0 Å². The molecule has 1 amide bonds. The van der Waals surface area contributed by atoms with Crippen molar-refractivity contribution >= 4 is 15.7 Å². The van der Waals surface area contributed by atoms with Crippen molar-refractivity contribution < 1.29 is 22.4 Å². The van der Waals surface area contributed by atoms with Crippen molar-refractivity contribution in [3.8, 4) is 0 Å². The molecular formula is C14H21NO5S. The molecule has 2 heterocycles. The van der Waals surface area contributed by atoms with E-state index in [9.17, 15) is 13.2 Å². The minimum Gasteiger partial charge on any atom is -0.453 e. The van der Waals surface area contributed by atoms with Gasteiger partial charge in [-0.2, -0.15) is 0 Å². The summed E-state index contributed by atoms with van der Waals surface area (Å²) in [6, 6.07) is 3.29. The van der Waals surface area contributed by atoms with Crippen LogP contribution in [0.15, 0.2) is 16.5 Å². The van der Waals surface area contributed by atoms with Crippen LogP contribution in [0.5, 0.6) is 0 Å². The summed E-state index contributed by atoms with van der Waals surface area (Å²) in [5.41, 5.74) is 0. The van der Waals surface area contributed by atoms with Gasteiger partial charge in [0.1, 0.15) is 12.4 Å². The Kier molecular flexibility index (Phi) is 4.43. The zero-order valence-electron chi connectivity index (χ0n) is 12.6. The van der Waals surface area contributed by atoms with Crippen molar-refractivity contribution in [2.24, 2.45) is 0 Å². The van der Waals surface area contributed by atoms with Crippen molar-refractivity contribution in [3.63, 3.8) is 0 Å². The lowest BCUT2D eigenvalue weighted by atomic mass is 10.1. The Hall–Kier alpha value is -1.34. The maximum atomic E-state index is 12.4. The first-order valence-corrected chi connectivity index (χ1v) is 8.51. The molecule has 6 nitrogen and oxygen atoms in total. The van der Waals surface area contributed by atoms with Gasteiger partial charge < -0.3 is 14.1 Å². The van der Waals surface area contributed by atoms with E-state index in [1.54, 1.807) is 38.0 Å². The fraction of sp³-hybridized carbons (Fsp3) is 0.643. The lowest BCUT2D eigenvalue weighted by Gasteiger charge is -2.22. The van der Waals surface area contributed by atoms with Gasteiger partial charge in [-0.3, -0.25) is 4.79 Å². The van der Waals surface area contributed by atoms with Crippen LogP contribution in [-0.4, -0.2) is 49.9 Å². The molecule has 0 aliphatic carbocycles. The van der Waals surface area contributed by atoms with Gasteiger partial charge >= 0.3 is 0 Å². The van der Waals surface area contributed by atoms with Crippen molar-refractivity contribution in [2.45, 2.75) is 31.6 Å². The molecule has 0 unspecified atom stereocenters. The highest BCUT2D eigenvalue weighted by Crippen LogP contribution is 2.26. The Morgan fingerprint density at radius 1 is 1.38 bits per heavy atom. The highest BCUT2D eigenvalue weighted by atomic mass is 32.2. The van der Waals surface area contributed by atoms with Gasteiger partial charge in [0.15, 0.2) is 15.6 Å². The smallest absolute Gasteiger partial charge is 0.289 e. The molecule has 0 atom stereocenters. The van der Waals surface area contributed by atoms with E-state index in [1.165, 1.54) is 0 Å². The second-order valence-electron chi connectivity index (χ2n) is 5.82. The van der Waals surface area contributed by atoms with E-state index < -0.39 is 14.6 Å². The highest BCUT2D eigenvalue weighted by Gasteiger charge is 2.38. The zero-order valence-corrected chi connectivity index (χ0v) is 13.4. The Bertz CT molecular complexity index is 617. The molecule has 1 saturated heterocycles. The summed E-state index contributed by atoms with van der Waals surface area (Å²) in [5.74, 6) is 0.505. The molecular weight excluding hydrogens is 294 g/mol. The van der Waals surface area contributed by atoms with Gasteiger partial charge in [0.2, 0.25) is 0 Å². The lowest BCUT2D eigenvalue weighted by molar-refractivity contribution is 0.0725. The van der Waals surface area contributed by atoms with Gasteiger partial charge in [-0.25, -0.2) is 8.42 Å². The number of nitrogens with zero attached hydrogens (tertiary/aromatic N) is 1. The van der Waals surface area contributed by atoms with Gasteiger partial charge in [-0.05, 0) is 32.4 Å². The van der Waals surface area contributed by atoms with Gasteiger partial charge in [0.05, 0.1) is 10.5 Å². The number of carbonyl (C=O) groups is 1. The predicted molar refractivity (Wildman–Crippen MR) is 77.8 cm³/mol. The number of carbonyl (C=O) groups excluding carboxylic acids is 1. The van der Waals surface area contributed by atoms with E-state index in [-0.39, 0.29) is 24.0 Å². The van der Waals surface area contributed by atoms with Crippen LogP contribution in [0.4, 0.5) is 0 Å². The summed E-state index contributed by atoms with van der Waals surface area (Å²) in [4.78, 5) is 13.9. The molecule has 0 N–H and O–H groups in total. The van der Waals surface area contributed by atoms with Crippen LogP contribution in [0.1, 0.15) is 36.6 Å². The maximum absolute atomic E-state index is 12.4. The molecule has 0 spiro atoms. The maximum Gasteiger partial charge on any atom is 0.289 e. The normalized spacial score (nSPS) is 21.0. The summed E-state index contributed by atoms with van der Waals surface area (Å²) in [6.45, 7) is 4.32. The van der Waals surface area contributed by atoms with E-state index in [0.717, 1.165) is 0 Å². The van der Waals surface area contributed by atoms with Crippen molar-refractivity contribution in [1.29, 1.82) is 0 Å². The summed E-state index contributed by atoms with van der Waals surface area (Å²) in [6.07, 6.45) is 0.423. The number of rotatable bonds is 3. The monoisotopic (exact) mass is 315 g/mol.